The molecule has 0 atom stereocenters. The zero-order valence-electron chi connectivity index (χ0n) is 10.8. The predicted octanol–water partition coefficient (Wildman–Crippen LogP) is 4.26. The van der Waals surface area contributed by atoms with Gasteiger partial charge in [0, 0.05) is 11.1 Å². The lowest BCUT2D eigenvalue weighted by Crippen LogP contribution is -2.07. The Labute approximate surface area is 122 Å². The monoisotopic (exact) mass is 294 g/mol. The van der Waals surface area contributed by atoms with Crippen LogP contribution >= 0.6 is 23.4 Å². The van der Waals surface area contributed by atoms with Crippen molar-refractivity contribution in [2.75, 3.05) is 5.73 Å². The number of anilines is 1. The number of nitrogen functional groups attached to an aromatic ring is 1. The van der Waals surface area contributed by atoms with Gasteiger partial charge in [-0.15, -0.1) is 0 Å². The van der Waals surface area contributed by atoms with Crippen molar-refractivity contribution in [1.29, 1.82) is 0 Å². The lowest BCUT2D eigenvalue weighted by Gasteiger charge is -2.14. The lowest BCUT2D eigenvalue weighted by atomic mass is 10.3. The lowest BCUT2D eigenvalue weighted by molar-refractivity contribution is 0.243. The van der Waals surface area contributed by atoms with Gasteiger partial charge in [0.1, 0.15) is 10.8 Å². The number of pyridine rings is 1. The molecule has 2 N–H and O–H groups in total. The molecule has 2 aromatic rings. The summed E-state index contributed by atoms with van der Waals surface area (Å²) in [5, 5.41) is 1.35. The van der Waals surface area contributed by atoms with E-state index in [-0.39, 0.29) is 6.10 Å². The highest BCUT2D eigenvalue weighted by molar-refractivity contribution is 7.99. The van der Waals surface area contributed by atoms with E-state index >= 15 is 0 Å². The Morgan fingerprint density at radius 1 is 1.26 bits per heavy atom. The number of rotatable bonds is 4. The maximum absolute atomic E-state index is 6.11. The maximum Gasteiger partial charge on any atom is 0.143 e. The first-order valence-corrected chi connectivity index (χ1v) is 7.11. The third-order valence-electron chi connectivity index (χ3n) is 2.32. The van der Waals surface area contributed by atoms with Gasteiger partial charge in [-0.05, 0) is 38.1 Å². The van der Waals surface area contributed by atoms with E-state index in [4.69, 9.17) is 22.1 Å². The highest BCUT2D eigenvalue weighted by Gasteiger charge is 2.11. The van der Waals surface area contributed by atoms with E-state index in [1.165, 1.54) is 11.8 Å². The molecule has 0 bridgehead atoms. The van der Waals surface area contributed by atoms with Gasteiger partial charge in [0.25, 0.3) is 0 Å². The van der Waals surface area contributed by atoms with Crippen molar-refractivity contribution >= 4 is 29.1 Å². The smallest absolute Gasteiger partial charge is 0.143 e. The largest absolute Gasteiger partial charge is 0.489 e. The molecule has 0 fully saturated rings. The number of hydrogen-bond acceptors (Lipinski definition) is 4. The van der Waals surface area contributed by atoms with Crippen LogP contribution in [0.2, 0.25) is 5.02 Å². The number of ether oxygens (including phenoxy) is 1. The van der Waals surface area contributed by atoms with E-state index in [9.17, 15) is 0 Å². The molecule has 1 heterocycles. The van der Waals surface area contributed by atoms with Crippen LogP contribution in [0.3, 0.4) is 0 Å². The van der Waals surface area contributed by atoms with Gasteiger partial charge < -0.3 is 10.5 Å². The normalized spacial score (nSPS) is 10.7. The Morgan fingerprint density at radius 3 is 2.74 bits per heavy atom. The van der Waals surface area contributed by atoms with Gasteiger partial charge in [-0.1, -0.05) is 29.4 Å². The van der Waals surface area contributed by atoms with Crippen LogP contribution in [0.15, 0.2) is 46.5 Å². The summed E-state index contributed by atoms with van der Waals surface area (Å²) in [6.45, 7) is 3.93. The van der Waals surface area contributed by atoms with Gasteiger partial charge in [0.05, 0.1) is 16.8 Å². The second kappa shape index (κ2) is 6.17. The molecule has 0 amide bonds. The van der Waals surface area contributed by atoms with Crippen LogP contribution in [0.5, 0.6) is 5.75 Å². The molecular formula is C14H15ClN2OS. The quantitative estimate of drug-likeness (QED) is 0.856. The molecule has 3 nitrogen and oxygen atoms in total. The SMILES string of the molecule is CC(C)Oc1cccc(Sc2ncccc2Cl)c1N. The summed E-state index contributed by atoms with van der Waals surface area (Å²) in [5.74, 6) is 0.687. The van der Waals surface area contributed by atoms with E-state index < -0.39 is 0 Å². The van der Waals surface area contributed by atoms with Gasteiger partial charge in [0.2, 0.25) is 0 Å². The zero-order chi connectivity index (χ0) is 13.8. The van der Waals surface area contributed by atoms with Crippen LogP contribution in [0.25, 0.3) is 0 Å². The number of aromatic nitrogens is 1. The summed E-state index contributed by atoms with van der Waals surface area (Å²) in [7, 11) is 0. The third kappa shape index (κ3) is 3.55. The number of para-hydroxylation sites is 1. The molecule has 2 rings (SSSR count). The molecule has 0 unspecified atom stereocenters. The Kier molecular flexibility index (Phi) is 4.56. The molecule has 0 saturated heterocycles. The molecule has 1 aromatic carbocycles. The Morgan fingerprint density at radius 2 is 2.05 bits per heavy atom. The number of nitrogens with zero attached hydrogens (tertiary/aromatic N) is 1. The maximum atomic E-state index is 6.11. The number of benzene rings is 1. The third-order valence-corrected chi connectivity index (χ3v) is 3.83. The summed E-state index contributed by atoms with van der Waals surface area (Å²) < 4.78 is 5.66. The van der Waals surface area contributed by atoms with Crippen molar-refractivity contribution in [3.8, 4) is 5.75 Å². The van der Waals surface area contributed by atoms with E-state index in [0.717, 1.165) is 9.92 Å². The van der Waals surface area contributed by atoms with Gasteiger partial charge in [-0.2, -0.15) is 0 Å². The fourth-order valence-electron chi connectivity index (χ4n) is 1.52. The Balaban J connectivity index is 2.28. The molecule has 100 valence electrons. The van der Waals surface area contributed by atoms with Gasteiger partial charge in [0.15, 0.2) is 0 Å². The number of nitrogens with two attached hydrogens (primary N) is 1. The molecule has 0 aliphatic heterocycles. The van der Waals surface area contributed by atoms with Gasteiger partial charge >= 0.3 is 0 Å². The van der Waals surface area contributed by atoms with Crippen LogP contribution in [-0.2, 0) is 0 Å². The summed E-state index contributed by atoms with van der Waals surface area (Å²) in [6, 6.07) is 9.31. The molecule has 0 saturated carbocycles. The fraction of sp³-hybridized carbons (Fsp3) is 0.214. The average Bonchev–Trinajstić information content (AvgIpc) is 2.36. The minimum absolute atomic E-state index is 0.0842. The Bertz CT molecular complexity index is 575. The summed E-state index contributed by atoms with van der Waals surface area (Å²) in [5.41, 5.74) is 6.73. The highest BCUT2D eigenvalue weighted by Crippen LogP contribution is 2.38. The first-order valence-electron chi connectivity index (χ1n) is 5.91. The number of hydrogen-bond donors (Lipinski definition) is 1. The zero-order valence-corrected chi connectivity index (χ0v) is 12.3. The average molecular weight is 295 g/mol. The van der Waals surface area contributed by atoms with Gasteiger partial charge in [-0.25, -0.2) is 4.98 Å². The minimum Gasteiger partial charge on any atom is -0.489 e. The van der Waals surface area contributed by atoms with Crippen LogP contribution in [0.1, 0.15) is 13.8 Å². The topological polar surface area (TPSA) is 48.1 Å². The first kappa shape index (κ1) is 14.0. The Hall–Kier alpha value is -1.39. The second-order valence-corrected chi connectivity index (χ2v) is 5.66. The highest BCUT2D eigenvalue weighted by atomic mass is 35.5. The molecule has 0 aliphatic carbocycles. The molecule has 1 aromatic heterocycles. The van der Waals surface area contributed by atoms with Crippen LogP contribution in [0, 0.1) is 0 Å². The molecule has 0 spiro atoms. The molecule has 5 heteroatoms. The number of halogens is 1. The van der Waals surface area contributed by atoms with Crippen molar-refractivity contribution in [3.05, 3.63) is 41.6 Å². The van der Waals surface area contributed by atoms with Crippen molar-refractivity contribution in [1.82, 2.24) is 4.98 Å². The fourth-order valence-corrected chi connectivity index (χ4v) is 2.60. The van der Waals surface area contributed by atoms with E-state index in [1.54, 1.807) is 12.3 Å². The van der Waals surface area contributed by atoms with Crippen LogP contribution in [-0.4, -0.2) is 11.1 Å². The van der Waals surface area contributed by atoms with Crippen LogP contribution in [0.4, 0.5) is 5.69 Å². The van der Waals surface area contributed by atoms with Crippen molar-refractivity contribution in [3.63, 3.8) is 0 Å². The van der Waals surface area contributed by atoms with E-state index in [1.807, 2.05) is 38.1 Å². The summed E-state index contributed by atoms with van der Waals surface area (Å²) >= 11 is 7.53. The first-order chi connectivity index (χ1) is 9.08. The molecule has 19 heavy (non-hydrogen) atoms. The summed E-state index contributed by atoms with van der Waals surface area (Å²) in [6.07, 6.45) is 1.79. The molecule has 0 radical (unpaired) electrons. The summed E-state index contributed by atoms with van der Waals surface area (Å²) in [4.78, 5) is 5.13. The van der Waals surface area contributed by atoms with E-state index in [2.05, 4.69) is 4.98 Å². The molecule has 0 aliphatic rings. The van der Waals surface area contributed by atoms with Crippen molar-refractivity contribution in [2.24, 2.45) is 0 Å². The standard InChI is InChI=1S/C14H15ClN2OS/c1-9(2)18-11-6-3-7-12(13(11)16)19-14-10(15)5-4-8-17-14/h3-9H,16H2,1-2H3. The minimum atomic E-state index is 0.0842. The van der Waals surface area contributed by atoms with E-state index in [0.29, 0.717) is 16.5 Å². The van der Waals surface area contributed by atoms with Gasteiger partial charge in [-0.3, -0.25) is 0 Å². The van der Waals surface area contributed by atoms with Crippen molar-refractivity contribution in [2.45, 2.75) is 29.9 Å². The molecular weight excluding hydrogens is 280 g/mol. The predicted molar refractivity (Wildman–Crippen MR) is 80.0 cm³/mol. The van der Waals surface area contributed by atoms with Crippen LogP contribution < -0.4 is 10.5 Å². The van der Waals surface area contributed by atoms with Crippen molar-refractivity contribution < 1.29 is 4.74 Å². The second-order valence-electron chi connectivity index (χ2n) is 4.23.